The molecule has 0 bridgehead atoms. The molecule has 1 N–H and O–H groups in total. The van der Waals surface area contributed by atoms with Crippen LogP contribution in [0.2, 0.25) is 0 Å². The van der Waals surface area contributed by atoms with Crippen LogP contribution >= 0.6 is 0 Å². The highest BCUT2D eigenvalue weighted by atomic mass is 19.1. The number of nitrogens with one attached hydrogen (secondary N) is 1. The molecule has 140 valence electrons. The summed E-state index contributed by atoms with van der Waals surface area (Å²) >= 11 is 0. The van der Waals surface area contributed by atoms with Gasteiger partial charge in [-0.2, -0.15) is 0 Å². The number of ketones is 1. The van der Waals surface area contributed by atoms with Gasteiger partial charge in [0.1, 0.15) is 11.9 Å². The number of benzene rings is 2. The summed E-state index contributed by atoms with van der Waals surface area (Å²) in [5.74, 6) is -1.13. The fourth-order valence-electron chi connectivity index (χ4n) is 3.21. The molecule has 0 aliphatic carbocycles. The molecule has 0 aromatic heterocycles. The van der Waals surface area contributed by atoms with Crippen LogP contribution in [0, 0.1) is 5.82 Å². The molecule has 2 aromatic carbocycles. The molecule has 0 spiro atoms. The number of fused-ring (bicyclic) bond motifs is 1. The van der Waals surface area contributed by atoms with E-state index in [0.717, 1.165) is 5.56 Å². The van der Waals surface area contributed by atoms with Crippen molar-refractivity contribution >= 4 is 23.5 Å². The molecule has 27 heavy (non-hydrogen) atoms. The Kier molecular flexibility index (Phi) is 5.21. The number of Topliss-reactive ketones (excluding diaryl/α,β-unsaturated/α-hetero) is 1. The number of carbonyl (C=O) groups excluding carboxylic acids is 3. The standard InChI is InChI=1S/C20H19FN2O4/c1-12(24)14-4-3-5-16(10-14)22-19(25)18-17-11-15(21)7-6-13(17)8-9-23(18)20(26)27-2/h3-7,10-11,18H,8-9H2,1-2H3,(H,22,25)/t18-/m1/s1. The minimum absolute atomic E-state index is 0.132. The van der Waals surface area contributed by atoms with E-state index >= 15 is 0 Å². The van der Waals surface area contributed by atoms with Crippen LogP contribution in [0.3, 0.4) is 0 Å². The molecule has 3 rings (SSSR count). The van der Waals surface area contributed by atoms with Crippen molar-refractivity contribution in [2.45, 2.75) is 19.4 Å². The lowest BCUT2D eigenvalue weighted by Crippen LogP contribution is -2.45. The van der Waals surface area contributed by atoms with Crippen molar-refractivity contribution in [1.82, 2.24) is 4.90 Å². The lowest BCUT2D eigenvalue weighted by Gasteiger charge is -2.35. The Labute approximate surface area is 155 Å². The highest BCUT2D eigenvalue weighted by Crippen LogP contribution is 2.32. The van der Waals surface area contributed by atoms with Gasteiger partial charge in [-0.05, 0) is 48.7 Å². The first-order chi connectivity index (χ1) is 12.9. The van der Waals surface area contributed by atoms with E-state index in [1.54, 1.807) is 30.3 Å². The summed E-state index contributed by atoms with van der Waals surface area (Å²) in [7, 11) is 1.23. The Morgan fingerprint density at radius 3 is 2.67 bits per heavy atom. The molecule has 0 fully saturated rings. The summed E-state index contributed by atoms with van der Waals surface area (Å²) < 4.78 is 18.6. The van der Waals surface area contributed by atoms with Crippen molar-refractivity contribution in [1.29, 1.82) is 0 Å². The van der Waals surface area contributed by atoms with Crippen LogP contribution in [0.1, 0.15) is 34.5 Å². The quantitative estimate of drug-likeness (QED) is 0.841. The average molecular weight is 370 g/mol. The van der Waals surface area contributed by atoms with Gasteiger partial charge in [0.15, 0.2) is 5.78 Å². The summed E-state index contributed by atoms with van der Waals surface area (Å²) in [6.07, 6.45) is -0.170. The first kappa shape index (κ1) is 18.6. The van der Waals surface area contributed by atoms with Gasteiger partial charge < -0.3 is 10.1 Å². The molecular weight excluding hydrogens is 351 g/mol. The monoisotopic (exact) mass is 370 g/mol. The van der Waals surface area contributed by atoms with E-state index in [4.69, 9.17) is 4.74 Å². The highest BCUT2D eigenvalue weighted by Gasteiger charge is 2.37. The fourth-order valence-corrected chi connectivity index (χ4v) is 3.21. The maximum Gasteiger partial charge on any atom is 0.410 e. The zero-order chi connectivity index (χ0) is 19.6. The van der Waals surface area contributed by atoms with Gasteiger partial charge >= 0.3 is 6.09 Å². The SMILES string of the molecule is COC(=O)N1CCc2ccc(F)cc2[C@@H]1C(=O)Nc1cccc(C(C)=O)c1. The van der Waals surface area contributed by atoms with E-state index in [9.17, 15) is 18.8 Å². The zero-order valence-corrected chi connectivity index (χ0v) is 15.0. The second-order valence-corrected chi connectivity index (χ2v) is 6.29. The van der Waals surface area contributed by atoms with Crippen LogP contribution in [-0.4, -0.2) is 36.3 Å². The Hall–Kier alpha value is -3.22. The van der Waals surface area contributed by atoms with Gasteiger partial charge in [0.2, 0.25) is 0 Å². The first-order valence-corrected chi connectivity index (χ1v) is 8.45. The molecule has 1 atom stereocenters. The fraction of sp³-hybridized carbons (Fsp3) is 0.250. The Bertz CT molecular complexity index is 913. The summed E-state index contributed by atoms with van der Waals surface area (Å²) in [5, 5.41) is 2.71. The van der Waals surface area contributed by atoms with Gasteiger partial charge in [-0.25, -0.2) is 9.18 Å². The van der Waals surface area contributed by atoms with E-state index in [-0.39, 0.29) is 12.3 Å². The number of halogens is 1. The van der Waals surface area contributed by atoms with Crippen LogP contribution in [0.15, 0.2) is 42.5 Å². The molecule has 2 aromatic rings. The van der Waals surface area contributed by atoms with Crippen LogP contribution in [0.5, 0.6) is 0 Å². The lowest BCUT2D eigenvalue weighted by molar-refractivity contribution is -0.121. The molecule has 0 saturated carbocycles. The summed E-state index contributed by atoms with van der Waals surface area (Å²) in [5.41, 5.74) is 2.09. The minimum Gasteiger partial charge on any atom is -0.453 e. The van der Waals surface area contributed by atoms with Gasteiger partial charge in [0.05, 0.1) is 7.11 Å². The molecule has 0 saturated heterocycles. The van der Waals surface area contributed by atoms with Crippen LogP contribution < -0.4 is 5.32 Å². The lowest BCUT2D eigenvalue weighted by atomic mass is 9.92. The largest absolute Gasteiger partial charge is 0.453 e. The summed E-state index contributed by atoms with van der Waals surface area (Å²) in [6.45, 7) is 1.71. The van der Waals surface area contributed by atoms with Crippen LogP contribution in [-0.2, 0) is 16.0 Å². The third kappa shape index (κ3) is 3.81. The number of hydrogen-bond donors (Lipinski definition) is 1. The minimum atomic E-state index is -1.03. The second kappa shape index (κ2) is 7.57. The predicted molar refractivity (Wildman–Crippen MR) is 97.0 cm³/mol. The van der Waals surface area contributed by atoms with Gasteiger partial charge in [-0.1, -0.05) is 18.2 Å². The molecule has 1 aliphatic rings. The highest BCUT2D eigenvalue weighted by molar-refractivity contribution is 6.00. The van der Waals surface area contributed by atoms with Crippen molar-refractivity contribution in [2.24, 2.45) is 0 Å². The Balaban J connectivity index is 1.96. The third-order valence-corrected chi connectivity index (χ3v) is 4.53. The van der Waals surface area contributed by atoms with Crippen LogP contribution in [0.4, 0.5) is 14.9 Å². The molecule has 2 amide bonds. The number of anilines is 1. The van der Waals surface area contributed by atoms with Gasteiger partial charge in [-0.15, -0.1) is 0 Å². The predicted octanol–water partition coefficient (Wildman–Crippen LogP) is 3.33. The Morgan fingerprint density at radius 2 is 1.96 bits per heavy atom. The normalized spacial score (nSPS) is 15.7. The van der Waals surface area contributed by atoms with Crippen molar-refractivity contribution < 1.29 is 23.5 Å². The third-order valence-electron chi connectivity index (χ3n) is 4.53. The summed E-state index contributed by atoms with van der Waals surface area (Å²) in [4.78, 5) is 38.0. The second-order valence-electron chi connectivity index (χ2n) is 6.29. The van der Waals surface area contributed by atoms with Crippen LogP contribution in [0.25, 0.3) is 0 Å². The van der Waals surface area contributed by atoms with Crippen molar-refractivity contribution in [2.75, 3.05) is 19.0 Å². The molecule has 1 heterocycles. The van der Waals surface area contributed by atoms with E-state index in [0.29, 0.717) is 23.2 Å². The Morgan fingerprint density at radius 1 is 1.19 bits per heavy atom. The molecule has 0 radical (unpaired) electrons. The molecule has 7 heteroatoms. The zero-order valence-electron chi connectivity index (χ0n) is 15.0. The number of rotatable bonds is 3. The van der Waals surface area contributed by atoms with Crippen molar-refractivity contribution in [3.63, 3.8) is 0 Å². The molecule has 1 aliphatic heterocycles. The topological polar surface area (TPSA) is 75.7 Å². The van der Waals surface area contributed by atoms with E-state index in [1.165, 1.54) is 31.1 Å². The smallest absolute Gasteiger partial charge is 0.410 e. The van der Waals surface area contributed by atoms with Gasteiger partial charge in [-0.3, -0.25) is 14.5 Å². The maximum absolute atomic E-state index is 13.8. The maximum atomic E-state index is 13.8. The van der Waals surface area contributed by atoms with Crippen molar-refractivity contribution in [3.8, 4) is 0 Å². The number of amides is 2. The molecule has 0 unspecified atom stereocenters. The number of carbonyl (C=O) groups is 3. The van der Waals surface area contributed by atoms with Crippen molar-refractivity contribution in [3.05, 3.63) is 65.0 Å². The number of nitrogens with zero attached hydrogens (tertiary/aromatic N) is 1. The molecule has 6 nitrogen and oxygen atoms in total. The van der Waals surface area contributed by atoms with Gasteiger partial charge in [0.25, 0.3) is 5.91 Å². The van der Waals surface area contributed by atoms with E-state index in [2.05, 4.69) is 5.32 Å². The summed E-state index contributed by atoms with van der Waals surface area (Å²) in [6, 6.07) is 9.68. The molecular formula is C20H19FN2O4. The van der Waals surface area contributed by atoms with E-state index < -0.39 is 23.9 Å². The van der Waals surface area contributed by atoms with Gasteiger partial charge in [0, 0.05) is 17.8 Å². The van der Waals surface area contributed by atoms with E-state index in [1.807, 2.05) is 0 Å². The number of ether oxygens (including phenoxy) is 1. The number of hydrogen-bond acceptors (Lipinski definition) is 4. The first-order valence-electron chi connectivity index (χ1n) is 8.45. The number of methoxy groups -OCH3 is 1. The average Bonchev–Trinajstić information content (AvgIpc) is 2.66.